The summed E-state index contributed by atoms with van der Waals surface area (Å²) in [5.41, 5.74) is 5.57. The number of amides is 1. The molecule has 0 aliphatic heterocycles. The first-order chi connectivity index (χ1) is 19.6. The molecule has 6 aromatic carbocycles. The molecule has 1 atom stereocenters. The van der Waals surface area contributed by atoms with Crippen molar-refractivity contribution < 1.29 is 19.4 Å². The Morgan fingerprint density at radius 1 is 0.725 bits per heavy atom. The van der Waals surface area contributed by atoms with Crippen molar-refractivity contribution in [3.63, 3.8) is 0 Å². The smallest absolute Gasteiger partial charge is 0.407 e. The zero-order chi connectivity index (χ0) is 27.2. The van der Waals surface area contributed by atoms with Gasteiger partial charge in [-0.25, -0.2) is 9.59 Å². The Hall–Kier alpha value is -4.90. The number of fused-ring (bicyclic) bond motifs is 3. The van der Waals surface area contributed by atoms with Gasteiger partial charge >= 0.3 is 12.1 Å². The van der Waals surface area contributed by atoms with E-state index in [4.69, 9.17) is 4.74 Å². The van der Waals surface area contributed by atoms with Crippen LogP contribution in [-0.4, -0.2) is 29.8 Å². The molecular formula is C35H27NO4. The zero-order valence-electron chi connectivity index (χ0n) is 21.8. The van der Waals surface area contributed by atoms with Gasteiger partial charge in [-0.3, -0.25) is 0 Å². The summed E-state index contributed by atoms with van der Waals surface area (Å²) in [7, 11) is 0. The van der Waals surface area contributed by atoms with Crippen molar-refractivity contribution in [1.82, 2.24) is 5.32 Å². The van der Waals surface area contributed by atoms with E-state index in [-0.39, 0.29) is 18.9 Å². The number of carbonyl (C=O) groups excluding carboxylic acids is 1. The van der Waals surface area contributed by atoms with Crippen LogP contribution in [0.1, 0.15) is 29.0 Å². The van der Waals surface area contributed by atoms with E-state index < -0.39 is 18.1 Å². The normalized spacial score (nSPS) is 13.4. The number of nitrogens with one attached hydrogen (secondary N) is 1. The van der Waals surface area contributed by atoms with Gasteiger partial charge in [0.1, 0.15) is 12.6 Å². The topological polar surface area (TPSA) is 75.6 Å². The molecule has 0 saturated heterocycles. The lowest BCUT2D eigenvalue weighted by molar-refractivity contribution is -0.139. The molecule has 5 nitrogen and oxygen atoms in total. The van der Waals surface area contributed by atoms with Crippen LogP contribution in [-0.2, 0) is 16.0 Å². The Bertz CT molecular complexity index is 1850. The highest BCUT2D eigenvalue weighted by molar-refractivity contribution is 6.23. The number of aliphatic carboxylic acids is 1. The van der Waals surface area contributed by atoms with E-state index in [9.17, 15) is 14.7 Å². The van der Waals surface area contributed by atoms with Crippen molar-refractivity contribution in [1.29, 1.82) is 0 Å². The van der Waals surface area contributed by atoms with Gasteiger partial charge in [0.2, 0.25) is 0 Å². The summed E-state index contributed by atoms with van der Waals surface area (Å²) < 4.78 is 5.61. The van der Waals surface area contributed by atoms with Gasteiger partial charge < -0.3 is 15.2 Å². The maximum atomic E-state index is 12.8. The molecule has 0 bridgehead atoms. The lowest BCUT2D eigenvalue weighted by Gasteiger charge is -2.18. The quantitative estimate of drug-likeness (QED) is 0.212. The van der Waals surface area contributed by atoms with Crippen molar-refractivity contribution in [2.45, 2.75) is 24.8 Å². The van der Waals surface area contributed by atoms with E-state index in [1.54, 1.807) is 0 Å². The number of benzene rings is 6. The highest BCUT2D eigenvalue weighted by atomic mass is 16.5. The SMILES string of the molecule is O=C(N[C@@H](CCc1ccc2ccc3cccc4ccc1c2c34)C(=O)O)OCC1c2ccccc2-c2ccccc21. The molecule has 0 fully saturated rings. The van der Waals surface area contributed by atoms with E-state index in [1.165, 1.54) is 21.5 Å². The molecule has 196 valence electrons. The van der Waals surface area contributed by atoms with Crippen molar-refractivity contribution in [2.75, 3.05) is 6.61 Å². The van der Waals surface area contributed by atoms with Crippen LogP contribution in [0.3, 0.4) is 0 Å². The number of hydrogen-bond donors (Lipinski definition) is 2. The molecule has 5 heteroatoms. The fourth-order valence-electron chi connectivity index (χ4n) is 6.35. The second-order valence-corrected chi connectivity index (χ2v) is 10.5. The summed E-state index contributed by atoms with van der Waals surface area (Å²) >= 11 is 0. The minimum absolute atomic E-state index is 0.0846. The van der Waals surface area contributed by atoms with Crippen molar-refractivity contribution in [3.8, 4) is 11.1 Å². The number of carbonyl (C=O) groups is 2. The minimum Gasteiger partial charge on any atom is -0.480 e. The summed E-state index contributed by atoms with van der Waals surface area (Å²) in [6.07, 6.45) is 0.0443. The number of carboxylic acids is 1. The minimum atomic E-state index is -1.08. The third-order valence-corrected chi connectivity index (χ3v) is 8.26. The Morgan fingerprint density at radius 3 is 2.00 bits per heavy atom. The van der Waals surface area contributed by atoms with Gasteiger partial charge in [-0.05, 0) is 73.0 Å². The number of ether oxygens (including phenoxy) is 1. The maximum Gasteiger partial charge on any atom is 0.407 e. The standard InChI is InChI=1S/C35H27NO4/c37-34(38)31(36-35(39)40-20-30-28-10-3-1-8-26(28)27-9-2-4-11-29(27)30)19-17-21-12-13-24-15-14-22-6-5-7-23-16-18-25(21)33(24)32(22)23/h1-16,18,30-31H,17,19-20H2,(H,36,39)(H,37,38)/t31-/m0/s1. The molecule has 1 amide bonds. The first-order valence-electron chi connectivity index (χ1n) is 13.6. The number of hydrogen-bond acceptors (Lipinski definition) is 3. The molecule has 2 N–H and O–H groups in total. The van der Waals surface area contributed by atoms with Crippen LogP contribution in [0.15, 0.2) is 103 Å². The van der Waals surface area contributed by atoms with Gasteiger partial charge in [-0.15, -0.1) is 0 Å². The summed E-state index contributed by atoms with van der Waals surface area (Å²) in [5, 5.41) is 19.6. The Labute approximate surface area is 231 Å². The van der Waals surface area contributed by atoms with Crippen LogP contribution < -0.4 is 5.32 Å². The Kier molecular flexibility index (Phi) is 5.85. The van der Waals surface area contributed by atoms with E-state index >= 15 is 0 Å². The molecular weight excluding hydrogens is 498 g/mol. The first kappa shape index (κ1) is 24.2. The van der Waals surface area contributed by atoms with Crippen LogP contribution >= 0.6 is 0 Å². The highest BCUT2D eigenvalue weighted by Gasteiger charge is 2.29. The van der Waals surface area contributed by atoms with Gasteiger partial charge in [0.25, 0.3) is 0 Å². The molecule has 0 radical (unpaired) electrons. The van der Waals surface area contributed by atoms with Crippen molar-refractivity contribution in [3.05, 3.63) is 120 Å². The highest BCUT2D eigenvalue weighted by Crippen LogP contribution is 2.44. The van der Waals surface area contributed by atoms with Crippen molar-refractivity contribution >= 4 is 44.4 Å². The fourth-order valence-corrected chi connectivity index (χ4v) is 6.35. The predicted molar refractivity (Wildman–Crippen MR) is 158 cm³/mol. The summed E-state index contributed by atoms with van der Waals surface area (Å²) in [4.78, 5) is 24.9. The van der Waals surface area contributed by atoms with Gasteiger partial charge in [0, 0.05) is 5.92 Å². The first-order valence-corrected chi connectivity index (χ1v) is 13.6. The second kappa shape index (κ2) is 9.69. The van der Waals surface area contributed by atoms with Crippen molar-refractivity contribution in [2.24, 2.45) is 0 Å². The zero-order valence-corrected chi connectivity index (χ0v) is 21.8. The maximum absolute atomic E-state index is 12.8. The third-order valence-electron chi connectivity index (χ3n) is 8.26. The van der Waals surface area contributed by atoms with Crippen LogP contribution in [0.2, 0.25) is 0 Å². The van der Waals surface area contributed by atoms with E-state index in [0.29, 0.717) is 6.42 Å². The number of rotatable bonds is 7. The average Bonchev–Trinajstić information content (AvgIpc) is 3.30. The molecule has 0 unspecified atom stereocenters. The van der Waals surface area contributed by atoms with Gasteiger partial charge in [0.15, 0.2) is 0 Å². The fraction of sp³-hybridized carbons (Fsp3) is 0.143. The molecule has 7 rings (SSSR count). The van der Waals surface area contributed by atoms with E-state index in [1.807, 2.05) is 24.3 Å². The molecule has 6 aromatic rings. The predicted octanol–water partition coefficient (Wildman–Crippen LogP) is 7.51. The number of aryl methyl sites for hydroxylation is 1. The van der Waals surface area contributed by atoms with Crippen LogP contribution in [0.5, 0.6) is 0 Å². The number of carboxylic acid groups (broad SMARTS) is 1. The molecule has 40 heavy (non-hydrogen) atoms. The molecule has 0 saturated carbocycles. The number of alkyl carbamates (subject to hydrolysis) is 1. The van der Waals surface area contributed by atoms with Gasteiger partial charge in [-0.1, -0.05) is 103 Å². The molecule has 0 aromatic heterocycles. The Balaban J connectivity index is 1.07. The van der Waals surface area contributed by atoms with Crippen LogP contribution in [0.25, 0.3) is 43.4 Å². The molecule has 1 aliphatic rings. The van der Waals surface area contributed by atoms with E-state index in [2.05, 4.69) is 84.2 Å². The summed E-state index contributed by atoms with van der Waals surface area (Å²) in [5.74, 6) is -1.16. The molecule has 1 aliphatic carbocycles. The van der Waals surface area contributed by atoms with E-state index in [0.717, 1.165) is 38.6 Å². The lowest BCUT2D eigenvalue weighted by Crippen LogP contribution is -2.41. The van der Waals surface area contributed by atoms with Gasteiger partial charge in [0.05, 0.1) is 0 Å². The molecule has 0 spiro atoms. The summed E-state index contributed by atoms with van der Waals surface area (Å²) in [6, 6.07) is 34.1. The average molecular weight is 526 g/mol. The van der Waals surface area contributed by atoms with Crippen LogP contribution in [0.4, 0.5) is 4.79 Å². The lowest BCUT2D eigenvalue weighted by atomic mass is 9.90. The van der Waals surface area contributed by atoms with Crippen LogP contribution in [0, 0.1) is 0 Å². The Morgan fingerprint density at radius 2 is 1.32 bits per heavy atom. The van der Waals surface area contributed by atoms with Gasteiger partial charge in [-0.2, -0.15) is 0 Å². The summed E-state index contributed by atoms with van der Waals surface area (Å²) in [6.45, 7) is 0.140. The molecule has 0 heterocycles. The third kappa shape index (κ3) is 4.02. The monoisotopic (exact) mass is 525 g/mol. The second-order valence-electron chi connectivity index (χ2n) is 10.5. The largest absolute Gasteiger partial charge is 0.480 e.